The van der Waals surface area contributed by atoms with Gasteiger partial charge in [-0.1, -0.05) is 42.5 Å². The van der Waals surface area contributed by atoms with Crippen LogP contribution in [0.4, 0.5) is 0 Å². The highest BCUT2D eigenvalue weighted by molar-refractivity contribution is 6.05. The number of carbonyl (C=O) groups is 3. The lowest BCUT2D eigenvalue weighted by atomic mass is 9.74. The molecular formula is C25H30O6. The zero-order valence-electron chi connectivity index (χ0n) is 18.2. The standard InChI is InChI=1S/C25H30O6/c1-3-30-23(27)25(24(28)31-4-2,17-22(26)19-12-14-29-15-13-19)16-20-10-7-9-18-8-5-6-11-21(18)20/h5-11,19H,3-4,12-17H2,1-2H3. The van der Waals surface area contributed by atoms with Crippen LogP contribution in [0.2, 0.25) is 0 Å². The Bertz CT molecular complexity index is 905. The molecule has 1 heterocycles. The average molecular weight is 427 g/mol. The molecule has 6 nitrogen and oxygen atoms in total. The van der Waals surface area contributed by atoms with Crippen molar-refractivity contribution in [2.45, 2.75) is 39.5 Å². The summed E-state index contributed by atoms with van der Waals surface area (Å²) in [6, 6.07) is 13.5. The largest absolute Gasteiger partial charge is 0.465 e. The van der Waals surface area contributed by atoms with Crippen molar-refractivity contribution in [3.8, 4) is 0 Å². The van der Waals surface area contributed by atoms with Crippen LogP contribution in [-0.4, -0.2) is 44.1 Å². The minimum atomic E-state index is -1.72. The molecule has 0 saturated carbocycles. The van der Waals surface area contributed by atoms with Crippen molar-refractivity contribution in [2.75, 3.05) is 26.4 Å². The van der Waals surface area contributed by atoms with Crippen molar-refractivity contribution < 1.29 is 28.6 Å². The van der Waals surface area contributed by atoms with Crippen molar-refractivity contribution in [3.05, 3.63) is 48.0 Å². The Kier molecular flexibility index (Phi) is 7.80. The number of ketones is 1. The first-order valence-electron chi connectivity index (χ1n) is 10.9. The van der Waals surface area contributed by atoms with Crippen LogP contribution in [0, 0.1) is 11.3 Å². The molecule has 0 bridgehead atoms. The van der Waals surface area contributed by atoms with E-state index in [0.29, 0.717) is 26.1 Å². The Morgan fingerprint density at radius 2 is 1.55 bits per heavy atom. The zero-order chi connectivity index (χ0) is 22.3. The Balaban J connectivity index is 2.04. The molecular weight excluding hydrogens is 396 g/mol. The number of carbonyl (C=O) groups excluding carboxylic acids is 3. The van der Waals surface area contributed by atoms with Gasteiger partial charge in [0.25, 0.3) is 0 Å². The molecule has 0 atom stereocenters. The predicted molar refractivity (Wildman–Crippen MR) is 117 cm³/mol. The first-order chi connectivity index (χ1) is 15.0. The third-order valence-corrected chi connectivity index (χ3v) is 5.86. The summed E-state index contributed by atoms with van der Waals surface area (Å²) in [6.45, 7) is 4.61. The molecule has 2 aromatic rings. The molecule has 2 aromatic carbocycles. The fraction of sp³-hybridized carbons (Fsp3) is 0.480. The summed E-state index contributed by atoms with van der Waals surface area (Å²) in [5.41, 5.74) is -0.912. The van der Waals surface area contributed by atoms with E-state index in [0.717, 1.165) is 16.3 Å². The Hall–Kier alpha value is -2.73. The van der Waals surface area contributed by atoms with E-state index in [2.05, 4.69) is 0 Å². The number of rotatable bonds is 9. The van der Waals surface area contributed by atoms with Gasteiger partial charge in [0.05, 0.1) is 13.2 Å². The van der Waals surface area contributed by atoms with Crippen LogP contribution in [0.1, 0.15) is 38.7 Å². The lowest BCUT2D eigenvalue weighted by Crippen LogP contribution is -2.46. The molecule has 1 aliphatic heterocycles. The molecule has 0 aliphatic carbocycles. The minimum Gasteiger partial charge on any atom is -0.465 e. The SMILES string of the molecule is CCOC(=O)C(CC(=O)C1CCOCC1)(Cc1cccc2ccccc12)C(=O)OCC. The van der Waals surface area contributed by atoms with Gasteiger partial charge in [0, 0.05) is 32.0 Å². The van der Waals surface area contributed by atoms with Gasteiger partial charge in [-0.25, -0.2) is 0 Å². The second kappa shape index (κ2) is 10.5. The van der Waals surface area contributed by atoms with E-state index in [1.807, 2.05) is 42.5 Å². The van der Waals surface area contributed by atoms with Gasteiger partial charge in [-0.15, -0.1) is 0 Å². The monoisotopic (exact) mass is 426 g/mol. The number of hydrogen-bond donors (Lipinski definition) is 0. The Labute approximate surface area is 182 Å². The van der Waals surface area contributed by atoms with Gasteiger partial charge in [0.2, 0.25) is 0 Å². The van der Waals surface area contributed by atoms with Gasteiger partial charge >= 0.3 is 11.9 Å². The molecule has 0 amide bonds. The Morgan fingerprint density at radius 1 is 0.935 bits per heavy atom. The maximum Gasteiger partial charge on any atom is 0.324 e. The molecule has 0 aromatic heterocycles. The first kappa shape index (κ1) is 22.9. The van der Waals surface area contributed by atoms with Crippen molar-refractivity contribution in [3.63, 3.8) is 0 Å². The lowest BCUT2D eigenvalue weighted by molar-refractivity contribution is -0.174. The van der Waals surface area contributed by atoms with E-state index in [1.54, 1.807) is 13.8 Å². The van der Waals surface area contributed by atoms with Gasteiger partial charge < -0.3 is 14.2 Å². The number of Topliss-reactive ketones (excluding diaryl/α,β-unsaturated/α-hetero) is 1. The third kappa shape index (κ3) is 5.13. The molecule has 1 fully saturated rings. The zero-order valence-corrected chi connectivity index (χ0v) is 18.2. The summed E-state index contributed by atoms with van der Waals surface area (Å²) in [5, 5.41) is 1.93. The van der Waals surface area contributed by atoms with E-state index < -0.39 is 17.4 Å². The fourth-order valence-corrected chi connectivity index (χ4v) is 4.21. The van der Waals surface area contributed by atoms with Crippen LogP contribution in [-0.2, 0) is 35.0 Å². The van der Waals surface area contributed by atoms with Crippen molar-refractivity contribution in [1.82, 2.24) is 0 Å². The Morgan fingerprint density at radius 3 is 2.19 bits per heavy atom. The molecule has 0 N–H and O–H groups in total. The average Bonchev–Trinajstić information content (AvgIpc) is 2.79. The van der Waals surface area contributed by atoms with Crippen molar-refractivity contribution in [1.29, 1.82) is 0 Å². The highest BCUT2D eigenvalue weighted by Gasteiger charge is 2.51. The van der Waals surface area contributed by atoms with Crippen LogP contribution in [0.15, 0.2) is 42.5 Å². The minimum absolute atomic E-state index is 0.0426. The smallest absolute Gasteiger partial charge is 0.324 e. The maximum absolute atomic E-state index is 13.2. The van der Waals surface area contributed by atoms with Gasteiger partial charge in [-0.3, -0.25) is 14.4 Å². The quantitative estimate of drug-likeness (QED) is 0.447. The lowest BCUT2D eigenvalue weighted by Gasteiger charge is -2.31. The highest BCUT2D eigenvalue weighted by atomic mass is 16.6. The third-order valence-electron chi connectivity index (χ3n) is 5.86. The molecule has 0 radical (unpaired) electrons. The first-order valence-corrected chi connectivity index (χ1v) is 10.9. The number of fused-ring (bicyclic) bond motifs is 1. The molecule has 1 saturated heterocycles. The molecule has 31 heavy (non-hydrogen) atoms. The van der Waals surface area contributed by atoms with E-state index in [-0.39, 0.29) is 37.8 Å². The maximum atomic E-state index is 13.2. The predicted octanol–water partition coefficient (Wildman–Crippen LogP) is 3.88. The molecule has 166 valence electrons. The summed E-state index contributed by atoms with van der Waals surface area (Å²) in [5.74, 6) is -1.77. The summed E-state index contributed by atoms with van der Waals surface area (Å²) >= 11 is 0. The molecule has 6 heteroatoms. The number of hydrogen-bond acceptors (Lipinski definition) is 6. The summed E-state index contributed by atoms with van der Waals surface area (Å²) in [6.07, 6.45) is 0.989. The van der Waals surface area contributed by atoms with Crippen molar-refractivity contribution in [2.24, 2.45) is 11.3 Å². The summed E-state index contributed by atoms with van der Waals surface area (Å²) in [4.78, 5) is 39.7. The molecule has 1 aliphatic rings. The van der Waals surface area contributed by atoms with E-state index >= 15 is 0 Å². The van der Waals surface area contributed by atoms with E-state index in [9.17, 15) is 14.4 Å². The summed E-state index contributed by atoms with van der Waals surface area (Å²) in [7, 11) is 0. The number of benzene rings is 2. The van der Waals surface area contributed by atoms with E-state index in [1.165, 1.54) is 0 Å². The molecule has 3 rings (SSSR count). The topological polar surface area (TPSA) is 78.9 Å². The number of ether oxygens (including phenoxy) is 3. The van der Waals surface area contributed by atoms with Crippen LogP contribution in [0.5, 0.6) is 0 Å². The van der Waals surface area contributed by atoms with Crippen LogP contribution in [0.3, 0.4) is 0 Å². The van der Waals surface area contributed by atoms with Crippen LogP contribution < -0.4 is 0 Å². The normalized spacial score (nSPS) is 14.9. The van der Waals surface area contributed by atoms with Gasteiger partial charge in [-0.2, -0.15) is 0 Å². The molecule has 0 spiro atoms. The second-order valence-corrected chi connectivity index (χ2v) is 7.87. The van der Waals surface area contributed by atoms with Crippen molar-refractivity contribution >= 4 is 28.5 Å². The highest BCUT2D eigenvalue weighted by Crippen LogP contribution is 2.36. The second-order valence-electron chi connectivity index (χ2n) is 7.87. The van der Waals surface area contributed by atoms with Gasteiger partial charge in [0.15, 0.2) is 5.41 Å². The van der Waals surface area contributed by atoms with Crippen LogP contribution >= 0.6 is 0 Å². The van der Waals surface area contributed by atoms with E-state index in [4.69, 9.17) is 14.2 Å². The van der Waals surface area contributed by atoms with Gasteiger partial charge in [0.1, 0.15) is 5.78 Å². The number of esters is 2. The summed E-state index contributed by atoms with van der Waals surface area (Å²) < 4.78 is 16.0. The fourth-order valence-electron chi connectivity index (χ4n) is 4.21. The molecule has 0 unspecified atom stereocenters. The van der Waals surface area contributed by atoms with Crippen LogP contribution in [0.25, 0.3) is 10.8 Å². The van der Waals surface area contributed by atoms with Gasteiger partial charge in [-0.05, 0) is 43.0 Å².